The molecule has 0 aliphatic rings. The molecule has 188 valence electrons. The molecule has 0 bridgehead atoms. The van der Waals surface area contributed by atoms with Gasteiger partial charge in [-0.15, -0.1) is 0 Å². The largest absolute Gasteiger partial charge is 0.756 e. The summed E-state index contributed by atoms with van der Waals surface area (Å²) in [6.07, 6.45) is 20.1. The average molecular weight is 464 g/mol. The maximum absolute atomic E-state index is 12.1. The van der Waals surface area contributed by atoms with Gasteiger partial charge in [0.05, 0.1) is 27.7 Å². The zero-order chi connectivity index (χ0) is 23.4. The molecule has 0 aromatic rings. The standard InChI is InChI=1S/C25H54NO4P/c1-6-8-10-12-14-15-17-19-21-25(20-18-16-13-11-9-7-2)24-30-31(27,28)29-23-22-26(3,4)5/h25H,6-24H2,1-5H3. The van der Waals surface area contributed by atoms with E-state index in [9.17, 15) is 9.46 Å². The van der Waals surface area contributed by atoms with Crippen molar-refractivity contribution in [1.29, 1.82) is 0 Å². The van der Waals surface area contributed by atoms with Gasteiger partial charge in [0.15, 0.2) is 0 Å². The smallest absolute Gasteiger partial charge is 0.268 e. The van der Waals surface area contributed by atoms with Gasteiger partial charge >= 0.3 is 0 Å². The Morgan fingerprint density at radius 2 is 1.13 bits per heavy atom. The van der Waals surface area contributed by atoms with Gasteiger partial charge < -0.3 is 18.4 Å². The van der Waals surface area contributed by atoms with Crippen LogP contribution >= 0.6 is 7.82 Å². The van der Waals surface area contributed by atoms with Crippen molar-refractivity contribution in [3.8, 4) is 0 Å². The van der Waals surface area contributed by atoms with Crippen LogP contribution in [0.1, 0.15) is 117 Å². The predicted molar refractivity (Wildman–Crippen MR) is 131 cm³/mol. The Bertz CT molecular complexity index is 440. The van der Waals surface area contributed by atoms with E-state index in [0.717, 1.165) is 12.8 Å². The third-order valence-electron chi connectivity index (χ3n) is 5.91. The second kappa shape index (κ2) is 19.5. The van der Waals surface area contributed by atoms with Crippen LogP contribution in [0, 0.1) is 5.92 Å². The van der Waals surface area contributed by atoms with Crippen LogP contribution in [0.4, 0.5) is 0 Å². The van der Waals surface area contributed by atoms with Crippen LogP contribution in [0.25, 0.3) is 0 Å². The van der Waals surface area contributed by atoms with Gasteiger partial charge in [-0.05, 0) is 18.8 Å². The van der Waals surface area contributed by atoms with Crippen molar-refractivity contribution in [1.82, 2.24) is 0 Å². The molecular formula is C25H54NO4P. The molecular weight excluding hydrogens is 409 g/mol. The third kappa shape index (κ3) is 23.0. The molecule has 0 aromatic carbocycles. The fourth-order valence-electron chi connectivity index (χ4n) is 3.75. The fourth-order valence-corrected chi connectivity index (χ4v) is 4.52. The zero-order valence-electron chi connectivity index (χ0n) is 21.5. The normalized spacial score (nSPS) is 15.2. The number of phosphoric acid groups is 1. The Kier molecular flexibility index (Phi) is 19.6. The van der Waals surface area contributed by atoms with E-state index in [1.165, 1.54) is 89.9 Å². The quantitative estimate of drug-likeness (QED) is 0.0922. The van der Waals surface area contributed by atoms with E-state index >= 15 is 0 Å². The molecule has 2 atom stereocenters. The number of hydrogen-bond donors (Lipinski definition) is 0. The molecule has 0 aliphatic carbocycles. The number of likely N-dealkylation sites (N-methyl/N-ethyl adjacent to an activating group) is 1. The van der Waals surface area contributed by atoms with Gasteiger partial charge in [0, 0.05) is 0 Å². The minimum absolute atomic E-state index is 0.171. The summed E-state index contributed by atoms with van der Waals surface area (Å²) in [7, 11) is 1.84. The van der Waals surface area contributed by atoms with E-state index < -0.39 is 7.82 Å². The summed E-state index contributed by atoms with van der Waals surface area (Å²) in [5.74, 6) is 0.315. The monoisotopic (exact) mass is 463 g/mol. The van der Waals surface area contributed by atoms with Crippen molar-refractivity contribution in [2.24, 2.45) is 5.92 Å². The SMILES string of the molecule is CCCCCCCCCCC(CCCCCCCC)COP(=O)([O-])OCC[N+](C)(C)C. The molecule has 0 amide bonds. The van der Waals surface area contributed by atoms with Crippen molar-refractivity contribution in [3.05, 3.63) is 0 Å². The second-order valence-electron chi connectivity index (χ2n) is 10.3. The Balaban J connectivity index is 4.24. The molecule has 5 nitrogen and oxygen atoms in total. The molecule has 0 saturated carbocycles. The third-order valence-corrected chi connectivity index (χ3v) is 6.88. The van der Waals surface area contributed by atoms with Gasteiger partial charge in [0.2, 0.25) is 0 Å². The highest BCUT2D eigenvalue weighted by molar-refractivity contribution is 7.45. The average Bonchev–Trinajstić information content (AvgIpc) is 2.68. The number of rotatable bonds is 23. The topological polar surface area (TPSA) is 58.6 Å². The predicted octanol–water partition coefficient (Wildman–Crippen LogP) is 7.09. The van der Waals surface area contributed by atoms with Crippen LogP contribution in [0.15, 0.2) is 0 Å². The summed E-state index contributed by atoms with van der Waals surface area (Å²) >= 11 is 0. The molecule has 2 unspecified atom stereocenters. The Morgan fingerprint density at radius 3 is 1.55 bits per heavy atom. The summed E-state index contributed by atoms with van der Waals surface area (Å²) in [5.41, 5.74) is 0. The van der Waals surface area contributed by atoms with Gasteiger partial charge in [-0.1, -0.05) is 104 Å². The summed E-state index contributed by atoms with van der Waals surface area (Å²) in [4.78, 5) is 12.1. The fraction of sp³-hybridized carbons (Fsp3) is 1.00. The van der Waals surface area contributed by atoms with E-state index in [4.69, 9.17) is 9.05 Å². The van der Waals surface area contributed by atoms with Gasteiger partial charge in [-0.3, -0.25) is 4.57 Å². The highest BCUT2D eigenvalue weighted by Crippen LogP contribution is 2.39. The van der Waals surface area contributed by atoms with Crippen LogP contribution in [0.3, 0.4) is 0 Å². The van der Waals surface area contributed by atoms with Gasteiger partial charge in [-0.2, -0.15) is 0 Å². The molecule has 0 N–H and O–H groups in total. The lowest BCUT2D eigenvalue weighted by Crippen LogP contribution is -2.37. The first-order valence-corrected chi connectivity index (χ1v) is 14.6. The highest BCUT2D eigenvalue weighted by Gasteiger charge is 2.17. The van der Waals surface area contributed by atoms with Gasteiger partial charge in [0.1, 0.15) is 13.2 Å². The second-order valence-corrected chi connectivity index (χ2v) is 11.7. The van der Waals surface area contributed by atoms with Gasteiger partial charge in [0.25, 0.3) is 7.82 Å². The molecule has 6 heteroatoms. The van der Waals surface area contributed by atoms with E-state index in [1.807, 2.05) is 21.1 Å². The molecule has 0 fully saturated rings. The van der Waals surface area contributed by atoms with Gasteiger partial charge in [-0.25, -0.2) is 0 Å². The molecule has 31 heavy (non-hydrogen) atoms. The lowest BCUT2D eigenvalue weighted by atomic mass is 9.95. The first-order chi connectivity index (χ1) is 14.7. The van der Waals surface area contributed by atoms with E-state index in [0.29, 0.717) is 16.9 Å². The van der Waals surface area contributed by atoms with Crippen LogP contribution in [-0.2, 0) is 13.6 Å². The van der Waals surface area contributed by atoms with Crippen molar-refractivity contribution in [2.75, 3.05) is 40.9 Å². The van der Waals surface area contributed by atoms with Crippen molar-refractivity contribution < 1.29 is 23.0 Å². The molecule has 0 heterocycles. The lowest BCUT2D eigenvalue weighted by molar-refractivity contribution is -0.870. The molecule has 0 rings (SSSR count). The maximum atomic E-state index is 12.1. The Morgan fingerprint density at radius 1 is 0.710 bits per heavy atom. The minimum Gasteiger partial charge on any atom is -0.756 e. The molecule has 0 spiro atoms. The molecule has 0 saturated heterocycles. The minimum atomic E-state index is -4.21. The molecule has 0 aliphatic heterocycles. The van der Waals surface area contributed by atoms with E-state index in [-0.39, 0.29) is 13.2 Å². The zero-order valence-corrected chi connectivity index (χ0v) is 22.4. The summed E-state index contributed by atoms with van der Waals surface area (Å²) in [6, 6.07) is 0. The maximum Gasteiger partial charge on any atom is 0.268 e. The molecule has 0 aromatic heterocycles. The number of quaternary nitrogens is 1. The van der Waals surface area contributed by atoms with Crippen molar-refractivity contribution in [2.45, 2.75) is 117 Å². The number of unbranched alkanes of at least 4 members (excludes halogenated alkanes) is 12. The number of hydrogen-bond acceptors (Lipinski definition) is 4. The first-order valence-electron chi connectivity index (χ1n) is 13.1. The number of phosphoric ester groups is 1. The number of nitrogens with zero attached hydrogens (tertiary/aromatic N) is 1. The van der Waals surface area contributed by atoms with Crippen LogP contribution < -0.4 is 4.89 Å². The van der Waals surface area contributed by atoms with E-state index in [2.05, 4.69) is 13.8 Å². The Hall–Kier alpha value is 0.0700. The highest BCUT2D eigenvalue weighted by atomic mass is 31.2. The van der Waals surface area contributed by atoms with E-state index in [1.54, 1.807) is 0 Å². The first kappa shape index (κ1) is 31.1. The molecule has 0 radical (unpaired) electrons. The summed E-state index contributed by atoms with van der Waals surface area (Å²) in [5, 5.41) is 0. The van der Waals surface area contributed by atoms with Crippen molar-refractivity contribution >= 4 is 7.82 Å². The summed E-state index contributed by atoms with van der Waals surface area (Å²) < 4.78 is 23.2. The van der Waals surface area contributed by atoms with Crippen molar-refractivity contribution in [3.63, 3.8) is 0 Å². The van der Waals surface area contributed by atoms with Crippen LogP contribution in [0.2, 0.25) is 0 Å². The lowest BCUT2D eigenvalue weighted by Gasteiger charge is -2.28. The van der Waals surface area contributed by atoms with Crippen LogP contribution in [-0.4, -0.2) is 45.4 Å². The Labute approximate surface area is 194 Å². The summed E-state index contributed by atoms with van der Waals surface area (Å²) in [6.45, 7) is 5.57. The van der Waals surface area contributed by atoms with Crippen LogP contribution in [0.5, 0.6) is 0 Å².